The summed E-state index contributed by atoms with van der Waals surface area (Å²) in [6, 6.07) is 4.31. The number of benzene rings is 1. The molecule has 1 fully saturated rings. The van der Waals surface area contributed by atoms with Gasteiger partial charge in [0.1, 0.15) is 5.69 Å². The van der Waals surface area contributed by atoms with Crippen LogP contribution in [0.3, 0.4) is 0 Å². The standard InChI is InChI=1S/C13H17FN2O2/c1-2-10-5-4-8-15(9-10)12-7-3-6-11(14)13(12)16(17)18/h3,6-7,10H,2,4-5,8-9H2,1H3. The zero-order valence-corrected chi connectivity index (χ0v) is 10.4. The number of nitro benzene ring substituents is 1. The summed E-state index contributed by atoms with van der Waals surface area (Å²) in [7, 11) is 0. The molecule has 1 aliphatic heterocycles. The predicted octanol–water partition coefficient (Wildman–Crippen LogP) is 3.36. The molecule has 1 atom stereocenters. The number of hydrogen-bond acceptors (Lipinski definition) is 3. The van der Waals surface area contributed by atoms with Crippen molar-refractivity contribution in [3.05, 3.63) is 34.1 Å². The van der Waals surface area contributed by atoms with E-state index < -0.39 is 16.4 Å². The molecule has 1 unspecified atom stereocenters. The van der Waals surface area contributed by atoms with E-state index in [0.29, 0.717) is 11.6 Å². The maximum absolute atomic E-state index is 13.6. The molecule has 2 rings (SSSR count). The van der Waals surface area contributed by atoms with Gasteiger partial charge in [0.05, 0.1) is 4.92 Å². The van der Waals surface area contributed by atoms with Gasteiger partial charge < -0.3 is 4.90 Å². The number of nitrogens with zero attached hydrogens (tertiary/aromatic N) is 2. The maximum Gasteiger partial charge on any atom is 0.327 e. The first-order chi connectivity index (χ1) is 8.63. The van der Waals surface area contributed by atoms with Gasteiger partial charge in [0.15, 0.2) is 0 Å². The van der Waals surface area contributed by atoms with Gasteiger partial charge in [-0.3, -0.25) is 10.1 Å². The highest BCUT2D eigenvalue weighted by Gasteiger charge is 2.27. The topological polar surface area (TPSA) is 46.4 Å². The van der Waals surface area contributed by atoms with Crippen molar-refractivity contribution in [2.75, 3.05) is 18.0 Å². The van der Waals surface area contributed by atoms with Gasteiger partial charge in [-0.15, -0.1) is 0 Å². The van der Waals surface area contributed by atoms with E-state index >= 15 is 0 Å². The molecule has 1 aromatic carbocycles. The van der Waals surface area contributed by atoms with E-state index in [2.05, 4.69) is 6.92 Å². The Bertz CT molecular complexity index is 451. The SMILES string of the molecule is CCC1CCCN(c2cccc(F)c2[N+](=O)[O-])C1. The third-order valence-corrected chi connectivity index (χ3v) is 3.59. The summed E-state index contributed by atoms with van der Waals surface area (Å²) in [5.41, 5.74) is 0.0207. The Hall–Kier alpha value is -1.65. The Kier molecular flexibility index (Phi) is 3.79. The van der Waals surface area contributed by atoms with E-state index in [0.717, 1.165) is 38.4 Å². The molecule has 0 saturated carbocycles. The van der Waals surface area contributed by atoms with Gasteiger partial charge in [0, 0.05) is 13.1 Å². The smallest absolute Gasteiger partial charge is 0.327 e. The normalized spacial score (nSPS) is 19.9. The van der Waals surface area contributed by atoms with E-state index in [1.54, 1.807) is 6.07 Å². The molecular formula is C13H17FN2O2. The zero-order chi connectivity index (χ0) is 13.1. The number of piperidine rings is 1. The van der Waals surface area contributed by atoms with Crippen LogP contribution >= 0.6 is 0 Å². The van der Waals surface area contributed by atoms with Crippen molar-refractivity contribution in [3.63, 3.8) is 0 Å². The van der Waals surface area contributed by atoms with Crippen molar-refractivity contribution in [3.8, 4) is 0 Å². The maximum atomic E-state index is 13.6. The van der Waals surface area contributed by atoms with Crippen LogP contribution in [0.25, 0.3) is 0 Å². The second kappa shape index (κ2) is 5.33. The highest BCUT2D eigenvalue weighted by molar-refractivity contribution is 5.64. The summed E-state index contributed by atoms with van der Waals surface area (Å²) >= 11 is 0. The minimum Gasteiger partial charge on any atom is -0.366 e. The lowest BCUT2D eigenvalue weighted by Crippen LogP contribution is -2.35. The second-order valence-corrected chi connectivity index (χ2v) is 4.73. The Morgan fingerprint density at radius 3 is 3.00 bits per heavy atom. The molecule has 18 heavy (non-hydrogen) atoms. The first kappa shape index (κ1) is 12.8. The first-order valence-corrected chi connectivity index (χ1v) is 6.31. The fourth-order valence-corrected chi connectivity index (χ4v) is 2.56. The van der Waals surface area contributed by atoms with Crippen molar-refractivity contribution in [1.82, 2.24) is 0 Å². The Morgan fingerprint density at radius 1 is 1.56 bits per heavy atom. The van der Waals surface area contributed by atoms with Crippen LogP contribution in [0.15, 0.2) is 18.2 Å². The lowest BCUT2D eigenvalue weighted by Gasteiger charge is -2.33. The van der Waals surface area contributed by atoms with Crippen LogP contribution in [0.5, 0.6) is 0 Å². The van der Waals surface area contributed by atoms with Gasteiger partial charge in [0.2, 0.25) is 5.82 Å². The largest absolute Gasteiger partial charge is 0.366 e. The van der Waals surface area contributed by atoms with Crippen molar-refractivity contribution < 1.29 is 9.31 Å². The van der Waals surface area contributed by atoms with Crippen LogP contribution in [-0.4, -0.2) is 18.0 Å². The van der Waals surface area contributed by atoms with Crippen LogP contribution in [0.2, 0.25) is 0 Å². The predicted molar refractivity (Wildman–Crippen MR) is 68.3 cm³/mol. The van der Waals surface area contributed by atoms with Crippen molar-refractivity contribution in [2.45, 2.75) is 26.2 Å². The summed E-state index contributed by atoms with van der Waals surface area (Å²) in [4.78, 5) is 12.3. The van der Waals surface area contributed by atoms with E-state index in [9.17, 15) is 14.5 Å². The minimum absolute atomic E-state index is 0.394. The van der Waals surface area contributed by atoms with Crippen molar-refractivity contribution >= 4 is 11.4 Å². The fourth-order valence-electron chi connectivity index (χ4n) is 2.56. The molecule has 1 aromatic rings. The van der Waals surface area contributed by atoms with Gasteiger partial charge in [-0.05, 0) is 30.9 Å². The molecule has 0 aromatic heterocycles. The van der Waals surface area contributed by atoms with Crippen LogP contribution in [0.1, 0.15) is 26.2 Å². The van der Waals surface area contributed by atoms with Crippen LogP contribution in [0.4, 0.5) is 15.8 Å². The third-order valence-electron chi connectivity index (χ3n) is 3.59. The molecule has 1 saturated heterocycles. The number of halogens is 1. The fraction of sp³-hybridized carbons (Fsp3) is 0.538. The second-order valence-electron chi connectivity index (χ2n) is 4.73. The highest BCUT2D eigenvalue weighted by Crippen LogP contribution is 2.33. The lowest BCUT2D eigenvalue weighted by atomic mass is 9.95. The molecule has 0 aliphatic carbocycles. The highest BCUT2D eigenvalue weighted by atomic mass is 19.1. The molecule has 0 spiro atoms. The lowest BCUT2D eigenvalue weighted by molar-refractivity contribution is -0.386. The molecule has 1 heterocycles. The number of para-hydroxylation sites is 1. The van der Waals surface area contributed by atoms with E-state index in [4.69, 9.17) is 0 Å². The molecular weight excluding hydrogens is 235 g/mol. The first-order valence-electron chi connectivity index (χ1n) is 6.31. The Balaban J connectivity index is 2.32. The quantitative estimate of drug-likeness (QED) is 0.612. The van der Waals surface area contributed by atoms with Crippen molar-refractivity contribution in [1.29, 1.82) is 0 Å². The van der Waals surface area contributed by atoms with E-state index in [1.165, 1.54) is 6.07 Å². The molecule has 4 nitrogen and oxygen atoms in total. The summed E-state index contributed by atoms with van der Waals surface area (Å²) < 4.78 is 13.6. The Labute approximate surface area is 106 Å². The average Bonchev–Trinajstić information content (AvgIpc) is 2.38. The molecule has 1 aliphatic rings. The molecule has 5 heteroatoms. The van der Waals surface area contributed by atoms with Gasteiger partial charge in [-0.25, -0.2) is 0 Å². The third kappa shape index (κ3) is 2.44. The van der Waals surface area contributed by atoms with Crippen molar-refractivity contribution in [2.24, 2.45) is 5.92 Å². The number of anilines is 1. The van der Waals surface area contributed by atoms with E-state index in [-0.39, 0.29) is 0 Å². The van der Waals surface area contributed by atoms with Crippen LogP contribution < -0.4 is 4.90 Å². The number of hydrogen-bond donors (Lipinski definition) is 0. The van der Waals surface area contributed by atoms with Gasteiger partial charge >= 0.3 is 5.69 Å². The zero-order valence-electron chi connectivity index (χ0n) is 10.4. The molecule has 0 amide bonds. The number of rotatable bonds is 3. The summed E-state index contributed by atoms with van der Waals surface area (Å²) in [6.45, 7) is 3.66. The van der Waals surface area contributed by atoms with Gasteiger partial charge in [0.25, 0.3) is 0 Å². The average molecular weight is 252 g/mol. The van der Waals surface area contributed by atoms with Crippen LogP contribution in [0, 0.1) is 21.8 Å². The summed E-state index contributed by atoms with van der Waals surface area (Å²) in [6.07, 6.45) is 3.21. The number of nitro groups is 1. The summed E-state index contributed by atoms with van der Waals surface area (Å²) in [5.74, 6) is -0.210. The molecule has 0 radical (unpaired) electrons. The van der Waals surface area contributed by atoms with E-state index in [1.807, 2.05) is 4.90 Å². The van der Waals surface area contributed by atoms with Gasteiger partial charge in [-0.1, -0.05) is 19.4 Å². The Morgan fingerprint density at radius 2 is 2.33 bits per heavy atom. The minimum atomic E-state index is -0.754. The molecule has 98 valence electrons. The van der Waals surface area contributed by atoms with Crippen LogP contribution in [-0.2, 0) is 0 Å². The summed E-state index contributed by atoms with van der Waals surface area (Å²) in [5, 5.41) is 11.0. The molecule has 0 N–H and O–H groups in total. The monoisotopic (exact) mass is 252 g/mol. The van der Waals surface area contributed by atoms with Gasteiger partial charge in [-0.2, -0.15) is 4.39 Å². The molecule has 0 bridgehead atoms.